The lowest BCUT2D eigenvalue weighted by atomic mass is 9.49. The number of unbranched alkanes of at least 4 members (excludes halogenated alkanes) is 1. The van der Waals surface area contributed by atoms with Crippen molar-refractivity contribution in [1.82, 2.24) is 14.9 Å². The van der Waals surface area contributed by atoms with Gasteiger partial charge < -0.3 is 16.0 Å². The van der Waals surface area contributed by atoms with Gasteiger partial charge in [-0.15, -0.1) is 0 Å². The van der Waals surface area contributed by atoms with E-state index in [4.69, 9.17) is 5.73 Å². The molecule has 4 aliphatic rings. The molecule has 0 aromatic carbocycles. The fourth-order valence-corrected chi connectivity index (χ4v) is 6.83. The Kier molecular flexibility index (Phi) is 6.68. The summed E-state index contributed by atoms with van der Waals surface area (Å²) in [6.45, 7) is 4.59. The minimum absolute atomic E-state index is 0.00463. The first kappa shape index (κ1) is 23.6. The predicted octanol–water partition coefficient (Wildman–Crippen LogP) is 1.99. The smallest absolute Gasteiger partial charge is 0.330 e. The van der Waals surface area contributed by atoms with Gasteiger partial charge in [0.25, 0.3) is 5.56 Å². The summed E-state index contributed by atoms with van der Waals surface area (Å²) in [5.74, 6) is 1.82. The molecule has 4 saturated carbocycles. The number of anilines is 2. The summed E-state index contributed by atoms with van der Waals surface area (Å²) < 4.78 is 1.31. The van der Waals surface area contributed by atoms with Crippen molar-refractivity contribution in [3.63, 3.8) is 0 Å². The number of carbonyl (C=O) groups excluding carboxylic acids is 2. The van der Waals surface area contributed by atoms with Crippen molar-refractivity contribution in [3.05, 3.63) is 20.8 Å². The highest BCUT2D eigenvalue weighted by Crippen LogP contribution is 2.60. The van der Waals surface area contributed by atoms with Gasteiger partial charge in [-0.3, -0.25) is 23.9 Å². The van der Waals surface area contributed by atoms with E-state index in [0.29, 0.717) is 24.3 Å². The lowest BCUT2D eigenvalue weighted by Gasteiger charge is -2.55. The number of hydrogen-bond acceptors (Lipinski definition) is 5. The number of carbonyl (C=O) groups is 2. The third kappa shape index (κ3) is 4.46. The summed E-state index contributed by atoms with van der Waals surface area (Å²) in [6, 6.07) is 0. The highest BCUT2D eigenvalue weighted by atomic mass is 16.2. The average Bonchev–Trinajstić information content (AvgIpc) is 2.75. The second kappa shape index (κ2) is 9.35. The van der Waals surface area contributed by atoms with Crippen molar-refractivity contribution in [3.8, 4) is 0 Å². The standard InChI is InChI=1S/C24H37N5O4/c1-3-5-8-29-20(25)19(21(31)27-23(29)33)28(4-2)18(30)6-7-26-22(32)24-12-15-9-16(13-24)11-17(10-15)14-24/h15-17H,3-14,25H2,1-2H3,(H,26,32)(H,27,31,33). The summed E-state index contributed by atoms with van der Waals surface area (Å²) in [6.07, 6.45) is 8.40. The molecule has 33 heavy (non-hydrogen) atoms. The minimum atomic E-state index is -0.668. The van der Waals surface area contributed by atoms with Crippen molar-refractivity contribution in [2.24, 2.45) is 23.2 Å². The molecular weight excluding hydrogens is 422 g/mol. The van der Waals surface area contributed by atoms with Crippen molar-refractivity contribution >= 4 is 23.3 Å². The third-order valence-electron chi connectivity index (χ3n) is 7.98. The van der Waals surface area contributed by atoms with Gasteiger partial charge in [0.2, 0.25) is 11.8 Å². The molecule has 0 unspecified atom stereocenters. The van der Waals surface area contributed by atoms with Gasteiger partial charge in [0.15, 0.2) is 5.69 Å². The van der Waals surface area contributed by atoms with Crippen LogP contribution in [0.3, 0.4) is 0 Å². The normalized spacial score (nSPS) is 27.5. The minimum Gasteiger partial charge on any atom is -0.383 e. The highest BCUT2D eigenvalue weighted by molar-refractivity contribution is 5.96. The van der Waals surface area contributed by atoms with Crippen LogP contribution in [-0.4, -0.2) is 34.5 Å². The molecule has 4 N–H and O–H groups in total. The molecule has 9 nitrogen and oxygen atoms in total. The number of nitrogens with two attached hydrogens (primary N) is 1. The molecule has 2 amide bonds. The zero-order valence-corrected chi connectivity index (χ0v) is 19.8. The average molecular weight is 460 g/mol. The number of H-pyrrole nitrogens is 1. The van der Waals surface area contributed by atoms with Crippen molar-refractivity contribution in [2.45, 2.75) is 78.2 Å². The largest absolute Gasteiger partial charge is 0.383 e. The Bertz CT molecular complexity index is 991. The predicted molar refractivity (Wildman–Crippen MR) is 127 cm³/mol. The Morgan fingerprint density at radius 3 is 2.27 bits per heavy atom. The van der Waals surface area contributed by atoms with E-state index < -0.39 is 11.2 Å². The van der Waals surface area contributed by atoms with Gasteiger partial charge in [-0.05, 0) is 69.6 Å². The lowest BCUT2D eigenvalue weighted by molar-refractivity contribution is -0.146. The van der Waals surface area contributed by atoms with Crippen molar-refractivity contribution in [1.29, 1.82) is 0 Å². The van der Waals surface area contributed by atoms with Crippen LogP contribution < -0.4 is 27.2 Å². The van der Waals surface area contributed by atoms with Gasteiger partial charge in [-0.25, -0.2) is 4.79 Å². The van der Waals surface area contributed by atoms with E-state index in [9.17, 15) is 19.2 Å². The van der Waals surface area contributed by atoms with E-state index in [1.165, 1.54) is 28.7 Å². The Morgan fingerprint density at radius 2 is 1.73 bits per heavy atom. The molecule has 9 heteroatoms. The highest BCUT2D eigenvalue weighted by Gasteiger charge is 2.54. The molecule has 0 atom stereocenters. The number of nitrogens with one attached hydrogen (secondary N) is 2. The number of nitrogens with zero attached hydrogens (tertiary/aromatic N) is 2. The van der Waals surface area contributed by atoms with Crippen molar-refractivity contribution < 1.29 is 9.59 Å². The van der Waals surface area contributed by atoms with Crippen LogP contribution >= 0.6 is 0 Å². The fraction of sp³-hybridized carbons (Fsp3) is 0.750. The zero-order valence-electron chi connectivity index (χ0n) is 19.8. The Balaban J connectivity index is 1.41. The number of aromatic nitrogens is 2. The molecule has 1 aromatic rings. The van der Waals surface area contributed by atoms with Gasteiger partial charge in [-0.1, -0.05) is 13.3 Å². The number of amides is 2. The van der Waals surface area contributed by atoms with Crippen LogP contribution in [-0.2, 0) is 16.1 Å². The third-order valence-corrected chi connectivity index (χ3v) is 7.98. The number of nitrogen functional groups attached to an aromatic ring is 1. The zero-order chi connectivity index (χ0) is 23.8. The summed E-state index contributed by atoms with van der Waals surface area (Å²) in [5.41, 5.74) is 4.68. The lowest BCUT2D eigenvalue weighted by Crippen LogP contribution is -2.54. The molecule has 1 heterocycles. The van der Waals surface area contributed by atoms with Gasteiger partial charge in [0.05, 0.1) is 0 Å². The maximum Gasteiger partial charge on any atom is 0.330 e. The quantitative estimate of drug-likeness (QED) is 0.520. The van der Waals surface area contributed by atoms with Crippen LogP contribution in [0, 0.1) is 23.2 Å². The molecule has 0 aliphatic heterocycles. The molecule has 0 radical (unpaired) electrons. The first-order valence-corrected chi connectivity index (χ1v) is 12.5. The van der Waals surface area contributed by atoms with E-state index in [1.807, 2.05) is 6.92 Å². The van der Waals surface area contributed by atoms with Crippen LogP contribution in [0.25, 0.3) is 0 Å². The molecule has 1 aromatic heterocycles. The fourth-order valence-electron chi connectivity index (χ4n) is 6.83. The van der Waals surface area contributed by atoms with E-state index >= 15 is 0 Å². The van der Waals surface area contributed by atoms with E-state index in [1.54, 1.807) is 6.92 Å². The van der Waals surface area contributed by atoms with Crippen LogP contribution in [0.2, 0.25) is 0 Å². The Morgan fingerprint density at radius 1 is 1.12 bits per heavy atom. The van der Waals surface area contributed by atoms with Gasteiger partial charge in [-0.2, -0.15) is 0 Å². The second-order valence-corrected chi connectivity index (χ2v) is 10.3. The summed E-state index contributed by atoms with van der Waals surface area (Å²) >= 11 is 0. The molecule has 182 valence electrons. The number of rotatable bonds is 9. The number of aromatic amines is 1. The molecule has 0 spiro atoms. The van der Waals surface area contributed by atoms with Gasteiger partial charge in [0, 0.05) is 31.5 Å². The van der Waals surface area contributed by atoms with Crippen LogP contribution in [0.15, 0.2) is 9.59 Å². The van der Waals surface area contributed by atoms with Crippen molar-refractivity contribution in [2.75, 3.05) is 23.7 Å². The summed E-state index contributed by atoms with van der Waals surface area (Å²) in [7, 11) is 0. The molecule has 5 rings (SSSR count). The van der Waals surface area contributed by atoms with Gasteiger partial charge >= 0.3 is 5.69 Å². The summed E-state index contributed by atoms with van der Waals surface area (Å²) in [4.78, 5) is 54.4. The first-order chi connectivity index (χ1) is 15.8. The molecule has 4 bridgehead atoms. The first-order valence-electron chi connectivity index (χ1n) is 12.5. The summed E-state index contributed by atoms with van der Waals surface area (Å²) in [5, 5.41) is 3.02. The molecule has 4 fully saturated rings. The molecular formula is C24H37N5O4. The monoisotopic (exact) mass is 459 g/mol. The number of hydrogen-bond donors (Lipinski definition) is 3. The maximum absolute atomic E-state index is 13.1. The SMILES string of the molecule is CCCCn1c(N)c(N(CC)C(=O)CCNC(=O)C23CC4CC(CC(C4)C2)C3)c(=O)[nH]c1=O. The van der Waals surface area contributed by atoms with E-state index in [0.717, 1.165) is 32.1 Å². The van der Waals surface area contributed by atoms with Crippen LogP contribution in [0.1, 0.15) is 71.6 Å². The topological polar surface area (TPSA) is 130 Å². The Labute approximate surface area is 194 Å². The van der Waals surface area contributed by atoms with E-state index in [2.05, 4.69) is 10.3 Å². The maximum atomic E-state index is 13.1. The van der Waals surface area contributed by atoms with Crippen LogP contribution in [0.5, 0.6) is 0 Å². The molecule has 4 aliphatic carbocycles. The Hall–Kier alpha value is -2.58. The second-order valence-electron chi connectivity index (χ2n) is 10.3. The molecule has 0 saturated heterocycles. The van der Waals surface area contributed by atoms with Gasteiger partial charge in [0.1, 0.15) is 5.82 Å². The van der Waals surface area contributed by atoms with E-state index in [-0.39, 0.29) is 48.2 Å². The van der Waals surface area contributed by atoms with Crippen LogP contribution in [0.4, 0.5) is 11.5 Å².